The van der Waals surface area contributed by atoms with Gasteiger partial charge in [0.05, 0.1) is 12.4 Å². The van der Waals surface area contributed by atoms with Gasteiger partial charge in [0.2, 0.25) is 0 Å². The highest BCUT2D eigenvalue weighted by Gasteiger charge is 2.35. The van der Waals surface area contributed by atoms with E-state index in [2.05, 4.69) is 10.3 Å². The van der Waals surface area contributed by atoms with E-state index in [0.717, 1.165) is 5.56 Å². The fourth-order valence-electron chi connectivity index (χ4n) is 2.74. The summed E-state index contributed by atoms with van der Waals surface area (Å²) in [5.74, 6) is 0. The van der Waals surface area contributed by atoms with Crippen molar-refractivity contribution in [3.05, 3.63) is 47.4 Å². The van der Waals surface area contributed by atoms with Crippen molar-refractivity contribution >= 4 is 21.6 Å². The third kappa shape index (κ3) is 3.28. The topological polar surface area (TPSA) is 67.2 Å². The molecule has 23 heavy (non-hydrogen) atoms. The minimum absolute atomic E-state index is 0.0910. The Hall–Kier alpha value is -1.41. The first-order chi connectivity index (χ1) is 11.0. The first-order valence-corrected chi connectivity index (χ1v) is 9.34. The van der Waals surface area contributed by atoms with Gasteiger partial charge in [-0.05, 0) is 24.6 Å². The van der Waals surface area contributed by atoms with Crippen LogP contribution in [0.2, 0.25) is 5.02 Å². The Morgan fingerprint density at radius 2 is 2.26 bits per heavy atom. The lowest BCUT2D eigenvalue weighted by atomic mass is 10.1. The van der Waals surface area contributed by atoms with Crippen LogP contribution in [0.25, 0.3) is 0 Å². The first-order valence-electron chi connectivity index (χ1n) is 7.52. The zero-order chi connectivity index (χ0) is 16.4. The number of halogens is 1. The maximum Gasteiger partial charge on any atom is 0.262 e. The molecule has 8 heteroatoms. The van der Waals surface area contributed by atoms with Gasteiger partial charge in [0, 0.05) is 37.4 Å². The maximum absolute atomic E-state index is 13.0. The molecule has 1 aliphatic rings. The third-order valence-electron chi connectivity index (χ3n) is 3.98. The molecular weight excluding hydrogens is 336 g/mol. The molecule has 1 unspecified atom stereocenters. The highest BCUT2D eigenvalue weighted by atomic mass is 35.5. The van der Waals surface area contributed by atoms with Gasteiger partial charge in [-0.15, -0.1) is 0 Å². The summed E-state index contributed by atoms with van der Waals surface area (Å²) in [4.78, 5) is 4.07. The normalized spacial score (nSPS) is 19.8. The molecule has 1 N–H and O–H groups in total. The van der Waals surface area contributed by atoms with Gasteiger partial charge in [-0.3, -0.25) is 0 Å². The molecule has 0 spiro atoms. The molecule has 0 aliphatic carbocycles. The van der Waals surface area contributed by atoms with E-state index in [0.29, 0.717) is 31.2 Å². The predicted octanol–water partition coefficient (Wildman–Crippen LogP) is 1.89. The fourth-order valence-corrected chi connectivity index (χ4v) is 4.49. The summed E-state index contributed by atoms with van der Waals surface area (Å²) in [5.41, 5.74) is 0.878. The lowest BCUT2D eigenvalue weighted by Gasteiger charge is -2.35. The summed E-state index contributed by atoms with van der Waals surface area (Å²) < 4.78 is 29.2. The monoisotopic (exact) mass is 354 g/mol. The average molecular weight is 355 g/mol. The Balaban J connectivity index is 1.97. The van der Waals surface area contributed by atoms with Crippen LogP contribution in [0, 0.1) is 0 Å². The van der Waals surface area contributed by atoms with Crippen LogP contribution in [0.3, 0.4) is 0 Å². The van der Waals surface area contributed by atoms with Gasteiger partial charge in [-0.2, -0.15) is 4.31 Å². The van der Waals surface area contributed by atoms with E-state index in [-0.39, 0.29) is 11.1 Å². The molecular formula is C15H19ClN4O2S. The van der Waals surface area contributed by atoms with Crippen LogP contribution in [0.4, 0.5) is 0 Å². The SMILES string of the molecule is CCn1cnc(S(=O)(=O)N2CCNCC2c2cccc(Cl)c2)c1. The average Bonchev–Trinajstić information content (AvgIpc) is 3.05. The molecule has 1 aliphatic heterocycles. The molecule has 1 saturated heterocycles. The van der Waals surface area contributed by atoms with Gasteiger partial charge in [-0.1, -0.05) is 23.7 Å². The Labute approximate surface area is 141 Å². The van der Waals surface area contributed by atoms with Crippen molar-refractivity contribution in [2.24, 2.45) is 0 Å². The number of hydrogen-bond acceptors (Lipinski definition) is 4. The molecule has 0 amide bonds. The van der Waals surface area contributed by atoms with Crippen molar-refractivity contribution in [2.75, 3.05) is 19.6 Å². The van der Waals surface area contributed by atoms with Crippen LogP contribution in [0.1, 0.15) is 18.5 Å². The van der Waals surface area contributed by atoms with Gasteiger partial charge in [0.15, 0.2) is 5.03 Å². The summed E-state index contributed by atoms with van der Waals surface area (Å²) >= 11 is 6.06. The Morgan fingerprint density at radius 3 is 2.96 bits per heavy atom. The van der Waals surface area contributed by atoms with E-state index < -0.39 is 10.0 Å². The number of nitrogens with zero attached hydrogens (tertiary/aromatic N) is 3. The second-order valence-electron chi connectivity index (χ2n) is 5.43. The standard InChI is InChI=1S/C15H19ClN4O2S/c1-2-19-10-15(18-11-19)23(21,22)20-7-6-17-9-14(20)12-4-3-5-13(16)8-12/h3-5,8,10-11,14,17H,2,6-7,9H2,1H3. The van der Waals surface area contributed by atoms with E-state index in [4.69, 9.17) is 11.6 Å². The molecule has 3 rings (SSSR count). The van der Waals surface area contributed by atoms with Gasteiger partial charge < -0.3 is 9.88 Å². The van der Waals surface area contributed by atoms with E-state index >= 15 is 0 Å². The predicted molar refractivity (Wildman–Crippen MR) is 88.9 cm³/mol. The molecule has 2 heterocycles. The third-order valence-corrected chi connectivity index (χ3v) is 6.00. The van der Waals surface area contributed by atoms with E-state index in [1.165, 1.54) is 4.31 Å². The Morgan fingerprint density at radius 1 is 1.43 bits per heavy atom. The minimum Gasteiger partial charge on any atom is -0.336 e. The van der Waals surface area contributed by atoms with Crippen LogP contribution < -0.4 is 5.32 Å². The van der Waals surface area contributed by atoms with E-state index in [9.17, 15) is 8.42 Å². The van der Waals surface area contributed by atoms with Crippen molar-refractivity contribution in [2.45, 2.75) is 24.5 Å². The molecule has 1 atom stereocenters. The van der Waals surface area contributed by atoms with Crippen molar-refractivity contribution in [3.63, 3.8) is 0 Å². The number of aryl methyl sites for hydroxylation is 1. The molecule has 0 radical (unpaired) electrons. The molecule has 0 saturated carbocycles. The van der Waals surface area contributed by atoms with Gasteiger partial charge >= 0.3 is 0 Å². The summed E-state index contributed by atoms with van der Waals surface area (Å²) in [6.07, 6.45) is 3.12. The number of aromatic nitrogens is 2. The molecule has 6 nitrogen and oxygen atoms in total. The first kappa shape index (κ1) is 16.4. The van der Waals surface area contributed by atoms with Crippen LogP contribution in [-0.2, 0) is 16.6 Å². The molecule has 124 valence electrons. The zero-order valence-electron chi connectivity index (χ0n) is 12.8. The second kappa shape index (κ2) is 6.60. The second-order valence-corrected chi connectivity index (χ2v) is 7.71. The molecule has 0 bridgehead atoms. The molecule has 1 aromatic carbocycles. The zero-order valence-corrected chi connectivity index (χ0v) is 14.4. The molecule has 1 fully saturated rings. The van der Waals surface area contributed by atoms with Gasteiger partial charge in [0.1, 0.15) is 0 Å². The van der Waals surface area contributed by atoms with Crippen molar-refractivity contribution < 1.29 is 8.42 Å². The molecule has 2 aromatic rings. The quantitative estimate of drug-likeness (QED) is 0.910. The molecule has 1 aromatic heterocycles. The summed E-state index contributed by atoms with van der Waals surface area (Å²) in [5, 5.41) is 3.94. The van der Waals surface area contributed by atoms with Gasteiger partial charge in [-0.25, -0.2) is 13.4 Å². The number of hydrogen-bond donors (Lipinski definition) is 1. The largest absolute Gasteiger partial charge is 0.336 e. The summed E-state index contributed by atoms with van der Waals surface area (Å²) in [6, 6.07) is 7.04. The lowest BCUT2D eigenvalue weighted by Crippen LogP contribution is -2.48. The lowest BCUT2D eigenvalue weighted by molar-refractivity contribution is 0.271. The van der Waals surface area contributed by atoms with Crippen LogP contribution in [-0.4, -0.2) is 41.9 Å². The van der Waals surface area contributed by atoms with Crippen molar-refractivity contribution in [1.82, 2.24) is 19.2 Å². The number of sulfonamides is 1. The minimum atomic E-state index is -3.64. The van der Waals surface area contributed by atoms with E-state index in [1.807, 2.05) is 25.1 Å². The van der Waals surface area contributed by atoms with Crippen molar-refractivity contribution in [1.29, 1.82) is 0 Å². The number of benzene rings is 1. The van der Waals surface area contributed by atoms with Crippen LogP contribution >= 0.6 is 11.6 Å². The summed E-state index contributed by atoms with van der Waals surface area (Å²) in [7, 11) is -3.64. The highest BCUT2D eigenvalue weighted by molar-refractivity contribution is 7.89. The number of imidazole rings is 1. The van der Waals surface area contributed by atoms with Gasteiger partial charge in [0.25, 0.3) is 10.0 Å². The number of piperazine rings is 1. The number of nitrogens with one attached hydrogen (secondary N) is 1. The number of rotatable bonds is 4. The smallest absolute Gasteiger partial charge is 0.262 e. The van der Waals surface area contributed by atoms with Crippen LogP contribution in [0.15, 0.2) is 41.8 Å². The highest BCUT2D eigenvalue weighted by Crippen LogP contribution is 2.29. The van der Waals surface area contributed by atoms with E-state index in [1.54, 1.807) is 23.2 Å². The van der Waals surface area contributed by atoms with Crippen molar-refractivity contribution in [3.8, 4) is 0 Å². The fraction of sp³-hybridized carbons (Fsp3) is 0.400. The Kier molecular flexibility index (Phi) is 4.72. The van der Waals surface area contributed by atoms with Crippen LogP contribution in [0.5, 0.6) is 0 Å². The maximum atomic E-state index is 13.0. The summed E-state index contributed by atoms with van der Waals surface area (Å²) in [6.45, 7) is 4.19. The Bertz CT molecular complexity index is 790.